The van der Waals surface area contributed by atoms with E-state index in [1.807, 2.05) is 20.8 Å². The molecule has 1 aliphatic rings. The van der Waals surface area contributed by atoms with Crippen molar-refractivity contribution >= 4 is 11.8 Å². The molecule has 2 atom stereocenters. The topological polar surface area (TPSA) is 49.4 Å². The lowest BCUT2D eigenvalue weighted by atomic mass is 10.0. The Labute approximate surface area is 120 Å². The number of carbonyl (C=O) groups is 2. The number of hydrogen-bond acceptors (Lipinski definition) is 2. The summed E-state index contributed by atoms with van der Waals surface area (Å²) < 4.78 is 0. The summed E-state index contributed by atoms with van der Waals surface area (Å²) in [5.41, 5.74) is 3.43. The minimum atomic E-state index is -0.411. The molecule has 1 aromatic carbocycles. The van der Waals surface area contributed by atoms with Gasteiger partial charge in [0, 0.05) is 6.54 Å². The lowest BCUT2D eigenvalue weighted by molar-refractivity contribution is -0.149. The average Bonchev–Trinajstić information content (AvgIpc) is 2.38. The molecule has 1 aromatic rings. The van der Waals surface area contributed by atoms with Gasteiger partial charge in [-0.15, -0.1) is 0 Å². The van der Waals surface area contributed by atoms with Gasteiger partial charge in [0.25, 0.3) is 0 Å². The summed E-state index contributed by atoms with van der Waals surface area (Å²) in [5.74, 6) is -0.0559. The lowest BCUT2D eigenvalue weighted by Gasteiger charge is -2.37. The predicted octanol–water partition coefficient (Wildman–Crippen LogP) is 1.93. The molecule has 1 fully saturated rings. The number of nitrogens with one attached hydrogen (secondary N) is 1. The number of hydrogen-bond donors (Lipinski definition) is 1. The van der Waals surface area contributed by atoms with Crippen LogP contribution in [-0.4, -0.2) is 28.8 Å². The summed E-state index contributed by atoms with van der Waals surface area (Å²) in [6.07, 6.45) is 0.626. The number of nitrogens with zero attached hydrogens (tertiary/aromatic N) is 1. The Bertz CT molecular complexity index is 519. The van der Waals surface area contributed by atoms with E-state index in [1.54, 1.807) is 11.8 Å². The van der Waals surface area contributed by atoms with Crippen molar-refractivity contribution in [3.05, 3.63) is 34.9 Å². The lowest BCUT2D eigenvalue weighted by Crippen LogP contribution is -2.61. The van der Waals surface area contributed by atoms with Crippen LogP contribution in [0.1, 0.15) is 37.0 Å². The van der Waals surface area contributed by atoms with E-state index in [0.29, 0.717) is 13.0 Å². The van der Waals surface area contributed by atoms with Gasteiger partial charge >= 0.3 is 0 Å². The van der Waals surface area contributed by atoms with E-state index in [0.717, 1.165) is 5.56 Å². The van der Waals surface area contributed by atoms with Crippen molar-refractivity contribution in [2.45, 2.75) is 52.7 Å². The van der Waals surface area contributed by atoms with Gasteiger partial charge in [-0.2, -0.15) is 0 Å². The molecule has 2 amide bonds. The first-order chi connectivity index (χ1) is 9.42. The normalized spacial score (nSPS) is 22.9. The first-order valence-corrected chi connectivity index (χ1v) is 7.10. The maximum absolute atomic E-state index is 12.4. The summed E-state index contributed by atoms with van der Waals surface area (Å²) in [7, 11) is 0. The van der Waals surface area contributed by atoms with Crippen molar-refractivity contribution in [3.8, 4) is 0 Å². The molecule has 0 bridgehead atoms. The van der Waals surface area contributed by atoms with Crippen LogP contribution in [0, 0.1) is 13.8 Å². The van der Waals surface area contributed by atoms with Gasteiger partial charge in [0.15, 0.2) is 0 Å². The SMILES string of the molecule is CCC1NC(=O)C(C)N(Cc2cc(C)cc(C)c2)C1=O. The Morgan fingerprint density at radius 1 is 1.15 bits per heavy atom. The number of rotatable bonds is 3. The Kier molecular flexibility index (Phi) is 4.12. The fourth-order valence-electron chi connectivity index (χ4n) is 2.74. The molecule has 0 spiro atoms. The maximum atomic E-state index is 12.4. The number of carbonyl (C=O) groups excluding carboxylic acids is 2. The third kappa shape index (κ3) is 2.84. The van der Waals surface area contributed by atoms with Crippen LogP contribution in [0.4, 0.5) is 0 Å². The van der Waals surface area contributed by atoms with Crippen LogP contribution in [-0.2, 0) is 16.1 Å². The highest BCUT2D eigenvalue weighted by Gasteiger charge is 2.36. The van der Waals surface area contributed by atoms with Crippen LogP contribution in [0.2, 0.25) is 0 Å². The average molecular weight is 274 g/mol. The molecule has 1 saturated heterocycles. The second-order valence-electron chi connectivity index (χ2n) is 5.61. The Hall–Kier alpha value is -1.84. The van der Waals surface area contributed by atoms with Crippen molar-refractivity contribution in [2.24, 2.45) is 0 Å². The third-order valence-corrected chi connectivity index (χ3v) is 3.79. The number of amides is 2. The first-order valence-electron chi connectivity index (χ1n) is 7.10. The zero-order valence-electron chi connectivity index (χ0n) is 12.6. The third-order valence-electron chi connectivity index (χ3n) is 3.79. The molecule has 4 nitrogen and oxygen atoms in total. The highest BCUT2D eigenvalue weighted by Crippen LogP contribution is 2.17. The monoisotopic (exact) mass is 274 g/mol. The predicted molar refractivity (Wildman–Crippen MR) is 78.1 cm³/mol. The smallest absolute Gasteiger partial charge is 0.246 e. The van der Waals surface area contributed by atoms with Crippen LogP contribution < -0.4 is 5.32 Å². The maximum Gasteiger partial charge on any atom is 0.246 e. The van der Waals surface area contributed by atoms with Crippen molar-refractivity contribution < 1.29 is 9.59 Å². The summed E-state index contributed by atoms with van der Waals surface area (Å²) >= 11 is 0. The second-order valence-corrected chi connectivity index (χ2v) is 5.61. The molecule has 2 rings (SSSR count). The van der Waals surface area contributed by atoms with Gasteiger partial charge in [-0.05, 0) is 32.8 Å². The van der Waals surface area contributed by atoms with Crippen LogP contribution in [0.25, 0.3) is 0 Å². The van der Waals surface area contributed by atoms with Crippen molar-refractivity contribution in [1.29, 1.82) is 0 Å². The van der Waals surface area contributed by atoms with Gasteiger partial charge in [0.2, 0.25) is 11.8 Å². The Morgan fingerprint density at radius 3 is 2.30 bits per heavy atom. The molecular weight excluding hydrogens is 252 g/mol. The molecular formula is C16H22N2O2. The zero-order valence-corrected chi connectivity index (χ0v) is 12.6. The van der Waals surface area contributed by atoms with E-state index in [2.05, 4.69) is 23.5 Å². The summed E-state index contributed by atoms with van der Waals surface area (Å²) in [4.78, 5) is 26.0. The van der Waals surface area contributed by atoms with Gasteiger partial charge in [-0.25, -0.2) is 0 Å². The van der Waals surface area contributed by atoms with Crippen molar-refractivity contribution in [1.82, 2.24) is 10.2 Å². The standard InChI is InChI=1S/C16H22N2O2/c1-5-14-16(20)18(12(4)15(19)17-14)9-13-7-10(2)6-11(3)8-13/h6-8,12,14H,5,9H2,1-4H3,(H,17,19). The van der Waals surface area contributed by atoms with E-state index >= 15 is 0 Å². The molecule has 0 radical (unpaired) electrons. The van der Waals surface area contributed by atoms with E-state index in [-0.39, 0.29) is 17.9 Å². The summed E-state index contributed by atoms with van der Waals surface area (Å²) in [6, 6.07) is 5.45. The Morgan fingerprint density at radius 2 is 1.75 bits per heavy atom. The molecule has 0 aromatic heterocycles. The van der Waals surface area contributed by atoms with Gasteiger partial charge in [-0.1, -0.05) is 36.2 Å². The molecule has 4 heteroatoms. The highest BCUT2D eigenvalue weighted by atomic mass is 16.2. The van der Waals surface area contributed by atoms with Gasteiger partial charge in [0.1, 0.15) is 12.1 Å². The first kappa shape index (κ1) is 14.6. The fourth-order valence-corrected chi connectivity index (χ4v) is 2.74. The largest absolute Gasteiger partial charge is 0.343 e. The van der Waals surface area contributed by atoms with Crippen LogP contribution in [0.15, 0.2) is 18.2 Å². The Balaban J connectivity index is 2.25. The molecule has 2 unspecified atom stereocenters. The zero-order chi connectivity index (χ0) is 14.9. The van der Waals surface area contributed by atoms with E-state index in [1.165, 1.54) is 11.1 Å². The minimum Gasteiger partial charge on any atom is -0.343 e. The molecule has 1 heterocycles. The molecule has 1 N–H and O–H groups in total. The summed E-state index contributed by atoms with van der Waals surface area (Å²) in [5, 5.41) is 2.77. The molecule has 0 aliphatic carbocycles. The molecule has 0 saturated carbocycles. The van der Waals surface area contributed by atoms with E-state index < -0.39 is 6.04 Å². The van der Waals surface area contributed by atoms with E-state index in [4.69, 9.17) is 0 Å². The highest BCUT2D eigenvalue weighted by molar-refractivity contribution is 5.96. The quantitative estimate of drug-likeness (QED) is 0.915. The van der Waals surface area contributed by atoms with Gasteiger partial charge in [0.05, 0.1) is 0 Å². The van der Waals surface area contributed by atoms with Crippen LogP contribution in [0.3, 0.4) is 0 Å². The number of piperazine rings is 1. The molecule has 1 aliphatic heterocycles. The van der Waals surface area contributed by atoms with Crippen molar-refractivity contribution in [3.63, 3.8) is 0 Å². The summed E-state index contributed by atoms with van der Waals surface area (Å²) in [6.45, 7) is 8.26. The number of aryl methyl sites for hydroxylation is 2. The van der Waals surface area contributed by atoms with Crippen LogP contribution in [0.5, 0.6) is 0 Å². The van der Waals surface area contributed by atoms with Gasteiger partial charge < -0.3 is 10.2 Å². The van der Waals surface area contributed by atoms with Crippen molar-refractivity contribution in [2.75, 3.05) is 0 Å². The van der Waals surface area contributed by atoms with E-state index in [9.17, 15) is 9.59 Å². The molecule has 20 heavy (non-hydrogen) atoms. The number of benzene rings is 1. The van der Waals surface area contributed by atoms with Gasteiger partial charge in [-0.3, -0.25) is 9.59 Å². The fraction of sp³-hybridized carbons (Fsp3) is 0.500. The minimum absolute atomic E-state index is 0.0127. The molecule has 108 valence electrons. The van der Waals surface area contributed by atoms with Crippen LogP contribution >= 0.6 is 0 Å². The second kappa shape index (κ2) is 5.65.